The number of halogens is 1. The smallest absolute Gasteiger partial charge is 0.314 e. The van der Waals surface area contributed by atoms with Crippen molar-refractivity contribution in [1.82, 2.24) is 4.90 Å². The van der Waals surface area contributed by atoms with Crippen LogP contribution in [0.2, 0.25) is 0 Å². The molecule has 1 aromatic carbocycles. The molecule has 0 aliphatic carbocycles. The Morgan fingerprint density at radius 2 is 1.74 bits per heavy atom. The number of nitrogens with zero attached hydrogens (tertiary/aromatic N) is 1. The maximum absolute atomic E-state index is 12.2. The van der Waals surface area contributed by atoms with Crippen molar-refractivity contribution >= 4 is 18.4 Å². The molecule has 0 heterocycles. The topological polar surface area (TPSA) is 40.5 Å². The van der Waals surface area contributed by atoms with Crippen LogP contribution in [0.5, 0.6) is 0 Å². The number of carboxylic acids is 1. The van der Waals surface area contributed by atoms with E-state index in [2.05, 4.69) is 32.6 Å². The van der Waals surface area contributed by atoms with Crippen LogP contribution in [-0.4, -0.2) is 35.6 Å². The first kappa shape index (κ1) is 21.9. The van der Waals surface area contributed by atoms with Crippen LogP contribution in [0.25, 0.3) is 0 Å². The zero-order chi connectivity index (χ0) is 16.6. The second-order valence-corrected chi connectivity index (χ2v) is 6.08. The number of hydrogen-bond acceptors (Lipinski definition) is 2. The fourth-order valence-corrected chi connectivity index (χ4v) is 3.32. The fourth-order valence-electron chi connectivity index (χ4n) is 3.32. The molecular formula is C19H32ClNO2. The number of hydrogen-bond donors (Lipinski definition) is 1. The molecule has 23 heavy (non-hydrogen) atoms. The van der Waals surface area contributed by atoms with Crippen molar-refractivity contribution in [2.45, 2.75) is 52.4 Å². The predicted octanol–water partition coefficient (Wildman–Crippen LogP) is 4.60. The summed E-state index contributed by atoms with van der Waals surface area (Å²) in [6.07, 6.45) is 2.47. The highest BCUT2D eigenvalue weighted by atomic mass is 35.5. The molecule has 132 valence electrons. The molecule has 1 rings (SSSR count). The standard InChI is InChI=1S/C19H31NO2.ClH/c1-5-16(4)19(18(21)22,17-12-9-8-10-13-17)14-11-15-20(6-2)7-3;/h8-10,12-13,16H,5-7,11,14-15H2,1-4H3,(H,21,22);1H. The average Bonchev–Trinajstić information content (AvgIpc) is 2.55. The van der Waals surface area contributed by atoms with Gasteiger partial charge in [0.05, 0.1) is 5.41 Å². The fraction of sp³-hybridized carbons (Fsp3) is 0.632. The van der Waals surface area contributed by atoms with E-state index < -0.39 is 11.4 Å². The van der Waals surface area contributed by atoms with Gasteiger partial charge in [-0.1, -0.05) is 64.4 Å². The van der Waals surface area contributed by atoms with Crippen LogP contribution >= 0.6 is 12.4 Å². The third-order valence-electron chi connectivity index (χ3n) is 5.06. The van der Waals surface area contributed by atoms with Gasteiger partial charge in [0.2, 0.25) is 0 Å². The molecule has 0 amide bonds. The average molecular weight is 342 g/mol. The Kier molecular flexibility index (Phi) is 10.2. The maximum Gasteiger partial charge on any atom is 0.314 e. The van der Waals surface area contributed by atoms with Gasteiger partial charge in [0.1, 0.15) is 0 Å². The number of rotatable bonds is 10. The Balaban J connectivity index is 0.00000484. The highest BCUT2D eigenvalue weighted by Gasteiger charge is 2.43. The van der Waals surface area contributed by atoms with Crippen LogP contribution < -0.4 is 0 Å². The number of aliphatic carboxylic acids is 1. The zero-order valence-electron chi connectivity index (χ0n) is 14.9. The minimum atomic E-state index is -0.775. The molecule has 0 aliphatic heterocycles. The summed E-state index contributed by atoms with van der Waals surface area (Å²) in [7, 11) is 0. The summed E-state index contributed by atoms with van der Waals surface area (Å²) in [5.74, 6) is -0.572. The van der Waals surface area contributed by atoms with E-state index >= 15 is 0 Å². The van der Waals surface area contributed by atoms with Gasteiger partial charge in [0.15, 0.2) is 0 Å². The Bertz CT molecular complexity index is 448. The SMILES string of the molecule is CCC(C)C(CCCN(CC)CC)(C(=O)O)c1ccccc1.Cl. The van der Waals surface area contributed by atoms with Crippen LogP contribution in [0.3, 0.4) is 0 Å². The highest BCUT2D eigenvalue weighted by molar-refractivity contribution is 5.85. The molecule has 0 saturated carbocycles. The van der Waals surface area contributed by atoms with E-state index in [1.54, 1.807) is 0 Å². The van der Waals surface area contributed by atoms with Gasteiger partial charge in [-0.05, 0) is 44.0 Å². The van der Waals surface area contributed by atoms with E-state index in [9.17, 15) is 9.90 Å². The predicted molar refractivity (Wildman–Crippen MR) is 99.5 cm³/mol. The van der Waals surface area contributed by atoms with Crippen molar-refractivity contribution in [1.29, 1.82) is 0 Å². The first-order valence-electron chi connectivity index (χ1n) is 8.54. The second kappa shape index (κ2) is 10.7. The van der Waals surface area contributed by atoms with Gasteiger partial charge in [0, 0.05) is 0 Å². The van der Waals surface area contributed by atoms with E-state index in [0.29, 0.717) is 6.42 Å². The van der Waals surface area contributed by atoms with Crippen molar-refractivity contribution in [3.05, 3.63) is 35.9 Å². The van der Waals surface area contributed by atoms with Gasteiger partial charge in [0.25, 0.3) is 0 Å². The Hall–Kier alpha value is -1.06. The largest absolute Gasteiger partial charge is 0.481 e. The molecule has 0 spiro atoms. The number of carboxylic acid groups (broad SMARTS) is 1. The van der Waals surface area contributed by atoms with Crippen LogP contribution in [0, 0.1) is 5.92 Å². The van der Waals surface area contributed by atoms with Crippen LogP contribution in [0.15, 0.2) is 30.3 Å². The van der Waals surface area contributed by atoms with Crippen molar-refractivity contribution in [3.63, 3.8) is 0 Å². The molecule has 2 atom stereocenters. The summed E-state index contributed by atoms with van der Waals surface area (Å²) >= 11 is 0. The molecule has 0 bridgehead atoms. The lowest BCUT2D eigenvalue weighted by Crippen LogP contribution is -2.42. The summed E-state index contributed by atoms with van der Waals surface area (Å²) < 4.78 is 0. The van der Waals surface area contributed by atoms with Crippen LogP contribution in [0.4, 0.5) is 0 Å². The first-order chi connectivity index (χ1) is 10.5. The molecule has 0 aromatic heterocycles. The van der Waals surface area contributed by atoms with Crippen LogP contribution in [-0.2, 0) is 10.2 Å². The molecule has 1 aromatic rings. The minimum Gasteiger partial charge on any atom is -0.481 e. The molecular weight excluding hydrogens is 310 g/mol. The summed E-state index contributed by atoms with van der Waals surface area (Å²) in [5, 5.41) is 10.0. The van der Waals surface area contributed by atoms with Crippen molar-refractivity contribution < 1.29 is 9.90 Å². The monoisotopic (exact) mass is 341 g/mol. The zero-order valence-corrected chi connectivity index (χ0v) is 15.7. The van der Waals surface area contributed by atoms with E-state index in [-0.39, 0.29) is 18.3 Å². The highest BCUT2D eigenvalue weighted by Crippen LogP contribution is 2.39. The molecule has 3 nitrogen and oxygen atoms in total. The molecule has 1 N–H and O–H groups in total. The van der Waals surface area contributed by atoms with Gasteiger partial charge in [-0.15, -0.1) is 12.4 Å². The quantitative estimate of drug-likeness (QED) is 0.676. The molecule has 0 saturated heterocycles. The molecule has 0 radical (unpaired) electrons. The van der Waals surface area contributed by atoms with E-state index in [1.165, 1.54) is 0 Å². The number of benzene rings is 1. The van der Waals surface area contributed by atoms with Gasteiger partial charge >= 0.3 is 5.97 Å². The molecule has 0 aliphatic rings. The Morgan fingerprint density at radius 1 is 1.17 bits per heavy atom. The summed E-state index contributed by atoms with van der Waals surface area (Å²) in [5.41, 5.74) is 0.166. The normalized spacial score (nSPS) is 14.8. The van der Waals surface area contributed by atoms with E-state index in [4.69, 9.17) is 0 Å². The third kappa shape index (κ3) is 5.22. The van der Waals surface area contributed by atoms with Gasteiger partial charge in [-0.25, -0.2) is 0 Å². The van der Waals surface area contributed by atoms with Gasteiger partial charge in [-0.2, -0.15) is 0 Å². The van der Waals surface area contributed by atoms with Gasteiger partial charge in [-0.3, -0.25) is 4.79 Å². The maximum atomic E-state index is 12.2. The minimum absolute atomic E-state index is 0. The lowest BCUT2D eigenvalue weighted by atomic mass is 9.67. The van der Waals surface area contributed by atoms with Crippen molar-refractivity contribution in [3.8, 4) is 0 Å². The Labute approximate surface area is 147 Å². The van der Waals surface area contributed by atoms with E-state index in [1.807, 2.05) is 30.3 Å². The molecule has 2 unspecified atom stereocenters. The first-order valence-corrected chi connectivity index (χ1v) is 8.54. The van der Waals surface area contributed by atoms with Gasteiger partial charge < -0.3 is 10.0 Å². The van der Waals surface area contributed by atoms with Crippen molar-refractivity contribution in [2.75, 3.05) is 19.6 Å². The Morgan fingerprint density at radius 3 is 2.17 bits per heavy atom. The van der Waals surface area contributed by atoms with Crippen LogP contribution in [0.1, 0.15) is 52.5 Å². The number of carbonyl (C=O) groups is 1. The second-order valence-electron chi connectivity index (χ2n) is 6.08. The van der Waals surface area contributed by atoms with E-state index in [0.717, 1.165) is 38.0 Å². The summed E-state index contributed by atoms with van der Waals surface area (Å²) in [6.45, 7) is 11.5. The van der Waals surface area contributed by atoms with Crippen molar-refractivity contribution in [2.24, 2.45) is 5.92 Å². The summed E-state index contributed by atoms with van der Waals surface area (Å²) in [4.78, 5) is 14.6. The third-order valence-corrected chi connectivity index (χ3v) is 5.06. The molecule has 0 fully saturated rings. The lowest BCUT2D eigenvalue weighted by molar-refractivity contribution is -0.146. The summed E-state index contributed by atoms with van der Waals surface area (Å²) in [6, 6.07) is 9.78. The lowest BCUT2D eigenvalue weighted by Gasteiger charge is -2.36. The molecule has 4 heteroatoms.